The standard InChI is InChI=1S/C16H23N3OS/c1-13-11-17-16(21-13)19-9-7-18(8-10-19)12-15(20)14-5-3-2-4-6-14/h2-6,13,15,20H,7-12H2,1H3/t13-,15+/m0/s1. The van der Waals surface area contributed by atoms with Crippen LogP contribution in [0, 0.1) is 0 Å². The number of aliphatic hydroxyl groups excluding tert-OH is 1. The summed E-state index contributed by atoms with van der Waals surface area (Å²) in [6, 6.07) is 9.93. The summed E-state index contributed by atoms with van der Waals surface area (Å²) in [6.45, 7) is 7.92. The zero-order valence-corrected chi connectivity index (χ0v) is 13.3. The molecule has 2 aliphatic heterocycles. The normalized spacial score (nSPS) is 25.0. The summed E-state index contributed by atoms with van der Waals surface area (Å²) >= 11 is 1.89. The molecule has 0 unspecified atom stereocenters. The SMILES string of the molecule is C[C@H]1CN=C(N2CCN(C[C@@H](O)c3ccccc3)CC2)S1. The lowest BCUT2D eigenvalue weighted by molar-refractivity contribution is 0.0904. The fourth-order valence-corrected chi connectivity index (χ4v) is 3.77. The van der Waals surface area contributed by atoms with E-state index in [1.54, 1.807) is 0 Å². The second-order valence-corrected chi connectivity index (χ2v) is 7.17. The number of aliphatic imine (C=N–C) groups is 1. The molecule has 0 spiro atoms. The van der Waals surface area contributed by atoms with Crippen LogP contribution in [0.5, 0.6) is 0 Å². The molecular formula is C16H23N3OS. The molecule has 0 amide bonds. The van der Waals surface area contributed by atoms with Gasteiger partial charge >= 0.3 is 0 Å². The van der Waals surface area contributed by atoms with Crippen molar-refractivity contribution < 1.29 is 5.11 Å². The van der Waals surface area contributed by atoms with Gasteiger partial charge < -0.3 is 10.0 Å². The maximum atomic E-state index is 10.3. The van der Waals surface area contributed by atoms with Crippen LogP contribution in [0.3, 0.4) is 0 Å². The van der Waals surface area contributed by atoms with Crippen LogP contribution >= 0.6 is 11.8 Å². The fourth-order valence-electron chi connectivity index (χ4n) is 2.78. The Kier molecular flexibility index (Phi) is 4.83. The molecule has 1 fully saturated rings. The van der Waals surface area contributed by atoms with E-state index in [1.807, 2.05) is 42.1 Å². The highest BCUT2D eigenvalue weighted by Gasteiger charge is 2.25. The van der Waals surface area contributed by atoms with Gasteiger partial charge in [-0.05, 0) is 5.56 Å². The minimum Gasteiger partial charge on any atom is -0.387 e. The fraction of sp³-hybridized carbons (Fsp3) is 0.562. The van der Waals surface area contributed by atoms with E-state index in [0.29, 0.717) is 11.8 Å². The molecule has 0 bridgehead atoms. The summed E-state index contributed by atoms with van der Waals surface area (Å²) in [6.07, 6.45) is -0.393. The topological polar surface area (TPSA) is 39.1 Å². The molecule has 0 aromatic heterocycles. The highest BCUT2D eigenvalue weighted by atomic mass is 32.2. The maximum Gasteiger partial charge on any atom is 0.159 e. The van der Waals surface area contributed by atoms with Gasteiger partial charge in [-0.25, -0.2) is 0 Å². The molecule has 1 N–H and O–H groups in total. The van der Waals surface area contributed by atoms with Crippen molar-refractivity contribution in [1.29, 1.82) is 0 Å². The van der Waals surface area contributed by atoms with Crippen molar-refractivity contribution in [2.45, 2.75) is 18.3 Å². The van der Waals surface area contributed by atoms with Crippen LogP contribution in [0.15, 0.2) is 35.3 Å². The molecule has 1 aromatic rings. The number of hydrogen-bond donors (Lipinski definition) is 1. The minimum absolute atomic E-state index is 0.393. The van der Waals surface area contributed by atoms with Gasteiger partial charge in [0.05, 0.1) is 12.6 Å². The van der Waals surface area contributed by atoms with Gasteiger partial charge in [0, 0.05) is 38.0 Å². The largest absolute Gasteiger partial charge is 0.387 e. The lowest BCUT2D eigenvalue weighted by atomic mass is 10.1. The number of amidine groups is 1. The Morgan fingerprint density at radius 3 is 2.57 bits per heavy atom. The van der Waals surface area contributed by atoms with Crippen molar-refractivity contribution in [1.82, 2.24) is 9.80 Å². The van der Waals surface area contributed by atoms with E-state index >= 15 is 0 Å². The Labute approximate surface area is 130 Å². The smallest absolute Gasteiger partial charge is 0.159 e. The Bertz CT molecular complexity index is 486. The molecule has 3 rings (SSSR count). The van der Waals surface area contributed by atoms with Crippen LogP contribution < -0.4 is 0 Å². The zero-order valence-electron chi connectivity index (χ0n) is 12.5. The number of nitrogens with zero attached hydrogens (tertiary/aromatic N) is 3. The third-order valence-electron chi connectivity index (χ3n) is 4.05. The lowest BCUT2D eigenvalue weighted by Gasteiger charge is -2.36. The van der Waals surface area contributed by atoms with E-state index in [4.69, 9.17) is 0 Å². The average Bonchev–Trinajstić information content (AvgIpc) is 2.95. The van der Waals surface area contributed by atoms with Crippen LogP contribution in [0.25, 0.3) is 0 Å². The van der Waals surface area contributed by atoms with Gasteiger partial charge in [0.25, 0.3) is 0 Å². The third-order valence-corrected chi connectivity index (χ3v) is 5.20. The summed E-state index contributed by atoms with van der Waals surface area (Å²) in [7, 11) is 0. The van der Waals surface area contributed by atoms with Crippen molar-refractivity contribution in [2.75, 3.05) is 39.3 Å². The minimum atomic E-state index is -0.393. The van der Waals surface area contributed by atoms with E-state index in [1.165, 1.54) is 5.17 Å². The second-order valence-electron chi connectivity index (χ2n) is 5.77. The monoisotopic (exact) mass is 305 g/mol. The number of benzene rings is 1. The molecule has 0 radical (unpaired) electrons. The summed E-state index contributed by atoms with van der Waals surface area (Å²) in [4.78, 5) is 9.35. The highest BCUT2D eigenvalue weighted by Crippen LogP contribution is 2.24. The first-order chi connectivity index (χ1) is 10.2. The Morgan fingerprint density at radius 2 is 1.95 bits per heavy atom. The molecule has 5 heteroatoms. The van der Waals surface area contributed by atoms with E-state index in [0.717, 1.165) is 38.3 Å². The van der Waals surface area contributed by atoms with Crippen LogP contribution in [0.2, 0.25) is 0 Å². The number of thioether (sulfide) groups is 1. The quantitative estimate of drug-likeness (QED) is 0.925. The predicted molar refractivity (Wildman–Crippen MR) is 88.8 cm³/mol. The van der Waals surface area contributed by atoms with Gasteiger partial charge in [0.2, 0.25) is 0 Å². The van der Waals surface area contributed by atoms with Crippen molar-refractivity contribution >= 4 is 16.9 Å². The Balaban J connectivity index is 1.48. The lowest BCUT2D eigenvalue weighted by Crippen LogP contribution is -2.48. The first kappa shape index (κ1) is 14.9. The molecule has 21 heavy (non-hydrogen) atoms. The van der Waals surface area contributed by atoms with Crippen molar-refractivity contribution in [3.05, 3.63) is 35.9 Å². The third kappa shape index (κ3) is 3.78. The Morgan fingerprint density at radius 1 is 1.24 bits per heavy atom. The maximum absolute atomic E-state index is 10.3. The highest BCUT2D eigenvalue weighted by molar-refractivity contribution is 8.14. The van der Waals surface area contributed by atoms with Crippen LogP contribution in [-0.2, 0) is 0 Å². The Hall–Kier alpha value is -1.04. The summed E-state index contributed by atoms with van der Waals surface area (Å²) < 4.78 is 0. The van der Waals surface area contributed by atoms with E-state index in [9.17, 15) is 5.11 Å². The molecular weight excluding hydrogens is 282 g/mol. The second kappa shape index (κ2) is 6.81. The van der Waals surface area contributed by atoms with Crippen molar-refractivity contribution in [3.8, 4) is 0 Å². The average molecular weight is 305 g/mol. The van der Waals surface area contributed by atoms with Crippen molar-refractivity contribution in [3.63, 3.8) is 0 Å². The van der Waals surface area contributed by atoms with Gasteiger partial charge in [-0.1, -0.05) is 49.0 Å². The summed E-state index contributed by atoms with van der Waals surface area (Å²) in [5.74, 6) is 0. The number of rotatable bonds is 3. The molecule has 0 saturated carbocycles. The molecule has 1 saturated heterocycles. The molecule has 4 nitrogen and oxygen atoms in total. The van der Waals surface area contributed by atoms with Gasteiger partial charge in [0.1, 0.15) is 0 Å². The first-order valence-corrected chi connectivity index (χ1v) is 8.52. The number of aliphatic hydroxyl groups is 1. The van der Waals surface area contributed by atoms with Gasteiger partial charge in [0.15, 0.2) is 5.17 Å². The summed E-state index contributed by atoms with van der Waals surface area (Å²) in [5.41, 5.74) is 1.00. The molecule has 2 heterocycles. The first-order valence-electron chi connectivity index (χ1n) is 7.64. The predicted octanol–water partition coefficient (Wildman–Crippen LogP) is 1.83. The number of piperazine rings is 1. The van der Waals surface area contributed by atoms with Crippen molar-refractivity contribution in [2.24, 2.45) is 4.99 Å². The van der Waals surface area contributed by atoms with E-state index < -0.39 is 6.10 Å². The molecule has 2 atom stereocenters. The van der Waals surface area contributed by atoms with Gasteiger partial charge in [-0.3, -0.25) is 9.89 Å². The molecule has 114 valence electrons. The van der Waals surface area contributed by atoms with Crippen LogP contribution in [0.4, 0.5) is 0 Å². The zero-order chi connectivity index (χ0) is 14.7. The van der Waals surface area contributed by atoms with E-state index in [2.05, 4.69) is 21.7 Å². The molecule has 0 aliphatic carbocycles. The molecule has 1 aromatic carbocycles. The molecule has 2 aliphatic rings. The van der Waals surface area contributed by atoms with Gasteiger partial charge in [-0.2, -0.15) is 0 Å². The van der Waals surface area contributed by atoms with Crippen LogP contribution in [-0.4, -0.2) is 64.6 Å². The number of β-amino-alcohol motifs (C(OH)–C–C–N with tert-alkyl or cyclic N) is 1. The van der Waals surface area contributed by atoms with Crippen LogP contribution in [0.1, 0.15) is 18.6 Å². The van der Waals surface area contributed by atoms with Gasteiger partial charge in [-0.15, -0.1) is 0 Å². The summed E-state index contributed by atoms with van der Waals surface area (Å²) in [5, 5.41) is 12.1. The number of hydrogen-bond acceptors (Lipinski definition) is 5. The van der Waals surface area contributed by atoms with E-state index in [-0.39, 0.29) is 0 Å².